The maximum Gasteiger partial charge on any atom is 0.329 e. The fourth-order valence-electron chi connectivity index (χ4n) is 10.0. The molecule has 4 rings (SSSR count). The van der Waals surface area contributed by atoms with Gasteiger partial charge in [-0.15, -0.1) is 0 Å². The lowest BCUT2D eigenvalue weighted by atomic mass is 9.80. The molecule has 0 radical (unpaired) electrons. The van der Waals surface area contributed by atoms with Gasteiger partial charge >= 0.3 is 5.97 Å². The van der Waals surface area contributed by atoms with E-state index in [-0.39, 0.29) is 67.5 Å². The number of piperidine rings is 1. The van der Waals surface area contributed by atoms with Gasteiger partial charge in [0.15, 0.2) is 0 Å². The van der Waals surface area contributed by atoms with Crippen LogP contribution in [0, 0.1) is 35.5 Å². The Kier molecular flexibility index (Phi) is 20.9. The number of carbonyl (C=O) groups excluding carboxylic acids is 4. The Morgan fingerprint density at radius 1 is 0.859 bits per heavy atom. The van der Waals surface area contributed by atoms with Gasteiger partial charge in [0.2, 0.25) is 5.79 Å². The lowest BCUT2D eigenvalue weighted by molar-refractivity contribution is -0.265. The lowest BCUT2D eigenvalue weighted by Crippen LogP contribution is -2.61. The second-order valence-corrected chi connectivity index (χ2v) is 20.0. The van der Waals surface area contributed by atoms with Gasteiger partial charge in [0.05, 0.1) is 30.5 Å². The van der Waals surface area contributed by atoms with Gasteiger partial charge in [-0.2, -0.15) is 0 Å². The number of rotatable bonds is 4. The van der Waals surface area contributed by atoms with Crippen molar-refractivity contribution in [2.24, 2.45) is 35.5 Å². The monoisotopic (exact) mass is 896 g/mol. The molecule has 12 atom stereocenters. The van der Waals surface area contributed by atoms with E-state index in [0.717, 1.165) is 30.4 Å². The van der Waals surface area contributed by atoms with E-state index in [1.165, 1.54) is 4.90 Å². The second kappa shape index (κ2) is 25.0. The molecule has 12 nitrogen and oxygen atoms in total. The van der Waals surface area contributed by atoms with E-state index in [9.17, 15) is 39.6 Å². The highest BCUT2D eigenvalue weighted by atomic mass is 16.6. The van der Waals surface area contributed by atoms with Crippen LogP contribution < -0.4 is 0 Å². The predicted molar refractivity (Wildman–Crippen MR) is 248 cm³/mol. The molecule has 3 aliphatic heterocycles. The Labute approximate surface area is 383 Å². The van der Waals surface area contributed by atoms with Crippen LogP contribution in [0.1, 0.15) is 145 Å². The van der Waals surface area contributed by atoms with Crippen molar-refractivity contribution in [3.63, 3.8) is 0 Å². The number of hydrogen-bond donors (Lipinski definition) is 4. The highest BCUT2D eigenvalue weighted by Gasteiger charge is 2.53. The number of carbonyl (C=O) groups is 4. The molecule has 1 aliphatic carbocycles. The Morgan fingerprint density at radius 2 is 1.56 bits per heavy atom. The number of amides is 1. The summed E-state index contributed by atoms with van der Waals surface area (Å²) in [5.41, 5.74) is 2.49. The fraction of sp³-hybridized carbons (Fsp3) is 0.731. The lowest BCUT2D eigenvalue weighted by Gasteiger charge is -2.42. The van der Waals surface area contributed by atoms with Crippen molar-refractivity contribution in [2.75, 3.05) is 13.7 Å². The predicted octanol–water partition coefficient (Wildman–Crippen LogP) is 7.67. The molecule has 0 spiro atoms. The van der Waals surface area contributed by atoms with Crippen LogP contribution >= 0.6 is 0 Å². The summed E-state index contributed by atoms with van der Waals surface area (Å²) in [5, 5.41) is 44.6. The van der Waals surface area contributed by atoms with E-state index in [4.69, 9.17) is 14.2 Å². The van der Waals surface area contributed by atoms with Crippen LogP contribution in [0.2, 0.25) is 0 Å². The van der Waals surface area contributed by atoms with Gasteiger partial charge in [-0.05, 0) is 126 Å². The molecule has 1 amide bonds. The SMILES string of the molecule is C=C1C[C@H](O)/C(C)=C/[C@@H](C)C(=O)CC(O)C[C@@H]([C@H](C)CC2CCC(O)CC2)OC(=O)[C@@H]2CCCCN2C(=O)C(=O)[C@]2(O)O[C@@H](CC[C@H]2C)C[C@H](OC)/C(C)=C/C=C/C=C/[C@@H](C)C[C@@H]1C. The second-order valence-electron chi connectivity index (χ2n) is 20.0. The molecule has 64 heavy (non-hydrogen) atoms. The van der Waals surface area contributed by atoms with Crippen molar-refractivity contribution >= 4 is 23.4 Å². The molecule has 3 fully saturated rings. The highest BCUT2D eigenvalue weighted by molar-refractivity contribution is 6.39. The van der Waals surface area contributed by atoms with E-state index in [2.05, 4.69) is 26.5 Å². The number of fused-ring (bicyclic) bond motifs is 3. The van der Waals surface area contributed by atoms with Crippen LogP contribution in [-0.4, -0.2) is 111 Å². The molecule has 4 aliphatic rings. The van der Waals surface area contributed by atoms with E-state index < -0.39 is 65.7 Å². The molecule has 360 valence electrons. The van der Waals surface area contributed by atoms with E-state index in [1.54, 1.807) is 34.0 Å². The van der Waals surface area contributed by atoms with Gasteiger partial charge in [-0.25, -0.2) is 4.79 Å². The number of esters is 1. The molecule has 0 aromatic carbocycles. The van der Waals surface area contributed by atoms with Crippen LogP contribution in [0.4, 0.5) is 0 Å². The zero-order valence-corrected chi connectivity index (χ0v) is 40.1. The maximum absolute atomic E-state index is 14.3. The molecule has 3 heterocycles. The third-order valence-electron chi connectivity index (χ3n) is 14.6. The summed E-state index contributed by atoms with van der Waals surface area (Å²) in [6.07, 6.45) is 15.0. The summed E-state index contributed by atoms with van der Waals surface area (Å²) in [7, 11) is 1.60. The number of cyclic esters (lactones) is 1. The van der Waals surface area contributed by atoms with Crippen molar-refractivity contribution < 1.29 is 53.8 Å². The third kappa shape index (κ3) is 15.1. The number of ketones is 2. The van der Waals surface area contributed by atoms with Crippen molar-refractivity contribution in [1.29, 1.82) is 0 Å². The zero-order valence-electron chi connectivity index (χ0n) is 40.1. The molecule has 2 saturated heterocycles. The summed E-state index contributed by atoms with van der Waals surface area (Å²) in [5.74, 6) is -6.30. The third-order valence-corrected chi connectivity index (χ3v) is 14.6. The first-order valence-electron chi connectivity index (χ1n) is 24.2. The van der Waals surface area contributed by atoms with Crippen LogP contribution in [0.5, 0.6) is 0 Å². The summed E-state index contributed by atoms with van der Waals surface area (Å²) in [4.78, 5) is 57.4. The number of Topliss-reactive ketones (excluding diaryl/α,β-unsaturated/α-hetero) is 2. The molecule has 0 aromatic heterocycles. The zero-order chi connectivity index (χ0) is 47.3. The Morgan fingerprint density at radius 3 is 2.25 bits per heavy atom. The standard InChI is InChI=1S/C52H81NO11/c1-32-15-11-10-12-16-33(2)47(62-9)31-43-23-18-39(8)52(61,64-43)49(58)50(59)53-24-14-13-17-44(53)51(60)63-48(38(7)27-40-19-21-41(54)22-20-40)30-42(55)29-46(57)37(6)26-36(5)45(56)28-35(4)34(3)25-32/h10-12,15-16,26,32,34,37-45,47-48,54-56,61H,4,13-14,17-25,27-31H2,1-3,5-9H3/b12-10+,15-11+,33-16+,36-26+/t32-,34+,37-,38-,39-,40?,41?,42?,43+,44+,45+,47+,48+,52-/m1/s1. The first-order chi connectivity index (χ1) is 30.2. The van der Waals surface area contributed by atoms with Crippen LogP contribution in [0.15, 0.2) is 59.8 Å². The highest BCUT2D eigenvalue weighted by Crippen LogP contribution is 2.37. The summed E-state index contributed by atoms with van der Waals surface area (Å²) >= 11 is 0. The van der Waals surface area contributed by atoms with Crippen molar-refractivity contribution in [1.82, 2.24) is 4.90 Å². The van der Waals surface area contributed by atoms with E-state index in [0.29, 0.717) is 63.4 Å². The van der Waals surface area contributed by atoms with Crippen LogP contribution in [0.3, 0.4) is 0 Å². The van der Waals surface area contributed by atoms with Crippen LogP contribution in [0.25, 0.3) is 0 Å². The minimum absolute atomic E-state index is 0.0172. The summed E-state index contributed by atoms with van der Waals surface area (Å²) in [6.45, 7) is 17.8. The molecular formula is C52H81NO11. The number of aliphatic hydroxyl groups excluding tert-OH is 3. The quantitative estimate of drug-likeness (QED) is 0.124. The number of nitrogens with zero attached hydrogens (tertiary/aromatic N) is 1. The normalized spacial score (nSPS) is 40.1. The average Bonchev–Trinajstić information content (AvgIpc) is 3.25. The summed E-state index contributed by atoms with van der Waals surface area (Å²) in [6, 6.07) is -1.10. The molecule has 4 N–H and O–H groups in total. The Hall–Kier alpha value is -3.26. The summed E-state index contributed by atoms with van der Waals surface area (Å²) < 4.78 is 18.2. The topological polar surface area (TPSA) is 180 Å². The van der Waals surface area contributed by atoms with Gasteiger partial charge in [0.25, 0.3) is 11.7 Å². The van der Waals surface area contributed by atoms with Gasteiger partial charge in [0.1, 0.15) is 17.9 Å². The maximum atomic E-state index is 14.3. The van der Waals surface area contributed by atoms with Crippen molar-refractivity contribution in [3.8, 4) is 0 Å². The van der Waals surface area contributed by atoms with Gasteiger partial charge in [-0.1, -0.05) is 83.2 Å². The number of methoxy groups -OCH3 is 1. The minimum atomic E-state index is -2.41. The molecule has 12 heteroatoms. The average molecular weight is 896 g/mol. The smallest absolute Gasteiger partial charge is 0.329 e. The molecular weight excluding hydrogens is 815 g/mol. The van der Waals surface area contributed by atoms with Gasteiger partial charge in [0, 0.05) is 44.8 Å². The molecule has 1 saturated carbocycles. The van der Waals surface area contributed by atoms with Gasteiger partial charge in [-0.3, -0.25) is 14.4 Å². The van der Waals surface area contributed by atoms with Crippen LogP contribution in [-0.2, 0) is 33.4 Å². The van der Waals surface area contributed by atoms with Crippen molar-refractivity contribution in [3.05, 3.63) is 59.8 Å². The molecule has 1 unspecified atom stereocenters. The Balaban J connectivity index is 1.64. The van der Waals surface area contributed by atoms with Gasteiger partial charge < -0.3 is 39.5 Å². The largest absolute Gasteiger partial charge is 0.460 e. The minimum Gasteiger partial charge on any atom is -0.460 e. The van der Waals surface area contributed by atoms with E-state index in [1.807, 2.05) is 38.2 Å². The Bertz CT molecular complexity index is 1710. The first-order valence-corrected chi connectivity index (χ1v) is 24.2. The fourth-order valence-corrected chi connectivity index (χ4v) is 10.0. The molecule has 2 bridgehead atoms. The number of allylic oxidation sites excluding steroid dienone is 6. The van der Waals surface area contributed by atoms with Crippen molar-refractivity contribution in [2.45, 2.75) is 193 Å². The number of hydrogen-bond acceptors (Lipinski definition) is 11. The molecule has 0 aromatic rings. The number of aliphatic hydroxyl groups is 4. The number of ether oxygens (including phenoxy) is 3. The van der Waals surface area contributed by atoms with E-state index >= 15 is 0 Å². The first kappa shape index (κ1) is 53.4.